The Morgan fingerprint density at radius 2 is 1.81 bits per heavy atom. The first-order valence-corrected chi connectivity index (χ1v) is 10.3. The summed E-state index contributed by atoms with van der Waals surface area (Å²) in [6.45, 7) is 5.08. The van der Waals surface area contributed by atoms with Crippen molar-refractivity contribution >= 4 is 18.0 Å². The molecule has 170 valence electrons. The van der Waals surface area contributed by atoms with Gasteiger partial charge in [-0.2, -0.15) is 0 Å². The SMILES string of the molecule is CC(C)(C)OC(=O)CC(=C=O)[C@@H](NC(=O)OCc1ccccc1)C1CCC(F)(F)CC1. The van der Waals surface area contributed by atoms with Gasteiger partial charge in [0.1, 0.15) is 18.1 Å². The van der Waals surface area contributed by atoms with Crippen LogP contribution in [0, 0.1) is 5.92 Å². The number of hydrogen-bond acceptors (Lipinski definition) is 5. The Bertz CT molecular complexity index is 803. The van der Waals surface area contributed by atoms with Crippen molar-refractivity contribution in [3.63, 3.8) is 0 Å². The van der Waals surface area contributed by atoms with Gasteiger partial charge < -0.3 is 14.8 Å². The van der Waals surface area contributed by atoms with E-state index in [1.54, 1.807) is 51.0 Å². The van der Waals surface area contributed by atoms with Gasteiger partial charge in [0.15, 0.2) is 0 Å². The van der Waals surface area contributed by atoms with E-state index in [1.807, 2.05) is 6.07 Å². The minimum atomic E-state index is -2.77. The van der Waals surface area contributed by atoms with E-state index in [9.17, 15) is 23.2 Å². The quantitative estimate of drug-likeness (QED) is 0.498. The second-order valence-corrected chi connectivity index (χ2v) is 8.77. The molecule has 1 aromatic rings. The van der Waals surface area contributed by atoms with Crippen molar-refractivity contribution in [2.45, 2.75) is 77.0 Å². The maximum atomic E-state index is 13.6. The molecule has 8 heteroatoms. The third kappa shape index (κ3) is 8.50. The molecule has 0 unspecified atom stereocenters. The first kappa shape index (κ1) is 24.5. The van der Waals surface area contributed by atoms with Gasteiger partial charge in [-0.1, -0.05) is 30.3 Å². The van der Waals surface area contributed by atoms with E-state index in [4.69, 9.17) is 9.47 Å². The molecule has 0 bridgehead atoms. The van der Waals surface area contributed by atoms with E-state index >= 15 is 0 Å². The molecule has 2 rings (SSSR count). The fourth-order valence-corrected chi connectivity index (χ4v) is 3.52. The number of benzene rings is 1. The van der Waals surface area contributed by atoms with Crippen LogP contribution in [0.4, 0.5) is 13.6 Å². The van der Waals surface area contributed by atoms with Gasteiger partial charge in [-0.15, -0.1) is 0 Å². The Morgan fingerprint density at radius 1 is 1.19 bits per heavy atom. The topological polar surface area (TPSA) is 81.7 Å². The minimum absolute atomic E-state index is 0.00827. The smallest absolute Gasteiger partial charge is 0.407 e. The van der Waals surface area contributed by atoms with Crippen molar-refractivity contribution in [1.82, 2.24) is 5.32 Å². The maximum absolute atomic E-state index is 13.6. The molecule has 0 heterocycles. The molecule has 1 aliphatic rings. The number of carbonyl (C=O) groups excluding carboxylic acids is 3. The standard InChI is InChI=1S/C23H29F2NO5/c1-22(2,3)31-19(28)13-18(14-27)20(17-9-11-23(24,25)12-10-17)26-21(29)30-15-16-7-5-4-6-8-16/h4-8,17,20H,9-13,15H2,1-3H3,(H,26,29)/t20-/m0/s1. The van der Waals surface area contributed by atoms with Crippen LogP contribution in [-0.2, 0) is 25.7 Å². The molecule has 1 N–H and O–H groups in total. The Balaban J connectivity index is 2.10. The Labute approximate surface area is 181 Å². The van der Waals surface area contributed by atoms with Gasteiger partial charge in [-0.3, -0.25) is 4.79 Å². The molecule has 6 nitrogen and oxygen atoms in total. The summed E-state index contributed by atoms with van der Waals surface area (Å²) in [6, 6.07) is 8.06. The van der Waals surface area contributed by atoms with Gasteiger partial charge in [-0.25, -0.2) is 18.4 Å². The molecule has 1 fully saturated rings. The van der Waals surface area contributed by atoms with Crippen LogP contribution < -0.4 is 5.32 Å². The highest BCUT2D eigenvalue weighted by Crippen LogP contribution is 2.39. The molecule has 0 aliphatic heterocycles. The van der Waals surface area contributed by atoms with E-state index in [2.05, 4.69) is 5.32 Å². The van der Waals surface area contributed by atoms with E-state index in [-0.39, 0.29) is 37.9 Å². The zero-order chi connectivity index (χ0) is 23.1. The van der Waals surface area contributed by atoms with Crippen LogP contribution in [0.2, 0.25) is 0 Å². The average molecular weight is 437 g/mol. The molecular formula is C23H29F2NO5. The summed E-state index contributed by atoms with van der Waals surface area (Å²) in [4.78, 5) is 36.3. The zero-order valence-corrected chi connectivity index (χ0v) is 18.1. The summed E-state index contributed by atoms with van der Waals surface area (Å²) >= 11 is 0. The first-order valence-electron chi connectivity index (χ1n) is 10.3. The summed E-state index contributed by atoms with van der Waals surface area (Å²) < 4.78 is 37.7. The van der Waals surface area contributed by atoms with Crippen molar-refractivity contribution < 1.29 is 32.6 Å². The lowest BCUT2D eigenvalue weighted by Crippen LogP contribution is -2.45. The highest BCUT2D eigenvalue weighted by Gasteiger charge is 2.40. The highest BCUT2D eigenvalue weighted by molar-refractivity contribution is 5.78. The van der Waals surface area contributed by atoms with E-state index in [0.29, 0.717) is 0 Å². The first-order chi connectivity index (χ1) is 14.5. The molecule has 1 atom stereocenters. The van der Waals surface area contributed by atoms with Gasteiger partial charge >= 0.3 is 12.1 Å². The number of alkyl halides is 2. The summed E-state index contributed by atoms with van der Waals surface area (Å²) in [7, 11) is 0. The van der Waals surface area contributed by atoms with Crippen LogP contribution >= 0.6 is 0 Å². The average Bonchev–Trinajstić information content (AvgIpc) is 2.68. The number of carbonyl (C=O) groups is 2. The zero-order valence-electron chi connectivity index (χ0n) is 18.1. The number of ether oxygens (including phenoxy) is 2. The van der Waals surface area contributed by atoms with Gasteiger partial charge in [0, 0.05) is 18.4 Å². The summed E-state index contributed by atoms with van der Waals surface area (Å²) in [5, 5.41) is 2.59. The van der Waals surface area contributed by atoms with E-state index in [0.717, 1.165) is 5.56 Å². The van der Waals surface area contributed by atoms with Crippen LogP contribution in [0.15, 0.2) is 35.9 Å². The predicted octanol–water partition coefficient (Wildman–Crippen LogP) is 4.60. The molecule has 0 spiro atoms. The van der Waals surface area contributed by atoms with Gasteiger partial charge in [0.05, 0.1) is 12.5 Å². The maximum Gasteiger partial charge on any atom is 0.407 e. The second-order valence-electron chi connectivity index (χ2n) is 8.77. The van der Waals surface area contributed by atoms with Crippen molar-refractivity contribution in [1.29, 1.82) is 0 Å². The molecule has 0 aromatic heterocycles. The number of hydrogen-bond donors (Lipinski definition) is 1. The van der Waals surface area contributed by atoms with Crippen molar-refractivity contribution in [2.24, 2.45) is 5.92 Å². The second kappa shape index (κ2) is 10.5. The highest BCUT2D eigenvalue weighted by atomic mass is 19.3. The Kier molecular flexibility index (Phi) is 8.34. The minimum Gasteiger partial charge on any atom is -0.460 e. The Hall–Kier alpha value is -2.73. The molecule has 1 aromatic carbocycles. The summed E-state index contributed by atoms with van der Waals surface area (Å²) in [5.41, 5.74) is -0.0252. The molecule has 1 saturated carbocycles. The van der Waals surface area contributed by atoms with Crippen LogP contribution in [0.25, 0.3) is 0 Å². The van der Waals surface area contributed by atoms with Gasteiger partial charge in [0.25, 0.3) is 0 Å². The number of halogens is 2. The van der Waals surface area contributed by atoms with Crippen molar-refractivity contribution in [2.75, 3.05) is 0 Å². The van der Waals surface area contributed by atoms with Crippen LogP contribution in [0.3, 0.4) is 0 Å². The number of rotatable bonds is 7. The fourth-order valence-electron chi connectivity index (χ4n) is 3.52. The number of nitrogens with one attached hydrogen (secondary N) is 1. The third-order valence-corrected chi connectivity index (χ3v) is 4.98. The number of esters is 1. The third-order valence-electron chi connectivity index (χ3n) is 4.98. The monoisotopic (exact) mass is 437 g/mol. The Morgan fingerprint density at radius 3 is 2.35 bits per heavy atom. The number of alkyl carbamates (subject to hydrolysis) is 1. The largest absolute Gasteiger partial charge is 0.460 e. The lowest BCUT2D eigenvalue weighted by Gasteiger charge is -2.34. The molecular weight excluding hydrogens is 408 g/mol. The molecule has 0 radical (unpaired) electrons. The molecule has 0 saturated heterocycles. The van der Waals surface area contributed by atoms with E-state index < -0.39 is 42.0 Å². The lowest BCUT2D eigenvalue weighted by molar-refractivity contribution is -0.154. The number of amides is 1. The molecule has 1 aliphatic carbocycles. The van der Waals surface area contributed by atoms with Crippen LogP contribution in [0.1, 0.15) is 58.4 Å². The summed E-state index contributed by atoms with van der Waals surface area (Å²) in [6.07, 6.45) is -1.71. The normalized spacial score (nSPS) is 17.2. The van der Waals surface area contributed by atoms with Crippen LogP contribution in [0.5, 0.6) is 0 Å². The van der Waals surface area contributed by atoms with Crippen LogP contribution in [-0.4, -0.2) is 35.6 Å². The predicted molar refractivity (Wildman–Crippen MR) is 110 cm³/mol. The van der Waals surface area contributed by atoms with E-state index in [1.165, 1.54) is 0 Å². The summed E-state index contributed by atoms with van der Waals surface area (Å²) in [5.74, 6) is -2.15. The van der Waals surface area contributed by atoms with Gasteiger partial charge in [-0.05, 0) is 45.1 Å². The lowest BCUT2D eigenvalue weighted by atomic mass is 9.79. The fraction of sp³-hybridized carbons (Fsp3) is 0.565. The van der Waals surface area contributed by atoms with Crippen molar-refractivity contribution in [3.05, 3.63) is 41.5 Å². The van der Waals surface area contributed by atoms with Gasteiger partial charge in [0.2, 0.25) is 5.92 Å². The molecule has 31 heavy (non-hydrogen) atoms. The van der Waals surface area contributed by atoms with Crippen molar-refractivity contribution in [3.8, 4) is 0 Å². The molecule has 1 amide bonds.